The van der Waals surface area contributed by atoms with Crippen LogP contribution in [0.3, 0.4) is 0 Å². The summed E-state index contributed by atoms with van der Waals surface area (Å²) in [5.74, 6) is 3.43. The van der Waals surface area contributed by atoms with Crippen molar-refractivity contribution in [2.75, 3.05) is 38.2 Å². The molecule has 0 aromatic carbocycles. The quantitative estimate of drug-likeness (QED) is 0.617. The highest BCUT2D eigenvalue weighted by molar-refractivity contribution is 7.99. The first kappa shape index (κ1) is 18.6. The zero-order chi connectivity index (χ0) is 17.5. The van der Waals surface area contributed by atoms with Crippen LogP contribution >= 0.6 is 11.8 Å². The Bertz CT molecular complexity index is 558. The van der Waals surface area contributed by atoms with Crippen LogP contribution in [0.1, 0.15) is 37.8 Å². The van der Waals surface area contributed by atoms with Crippen LogP contribution in [0.5, 0.6) is 0 Å². The molecule has 1 aliphatic carbocycles. The second kappa shape index (κ2) is 8.94. The van der Waals surface area contributed by atoms with Crippen LogP contribution in [0.4, 0.5) is 0 Å². The monoisotopic (exact) mass is 364 g/mol. The number of hydrogen-bond donors (Lipinski definition) is 2. The molecule has 0 amide bonds. The zero-order valence-corrected chi connectivity index (χ0v) is 16.4. The number of aryl methyl sites for hydroxylation is 1. The maximum atomic E-state index is 4.42. The van der Waals surface area contributed by atoms with Gasteiger partial charge >= 0.3 is 0 Å². The Morgan fingerprint density at radius 2 is 2.00 bits per heavy atom. The van der Waals surface area contributed by atoms with E-state index in [0.717, 1.165) is 24.7 Å². The fraction of sp³-hybridized carbons (Fsp3) is 0.778. The number of rotatable bonds is 5. The van der Waals surface area contributed by atoms with Crippen molar-refractivity contribution >= 4 is 17.7 Å². The third-order valence-electron chi connectivity index (χ3n) is 5.63. The van der Waals surface area contributed by atoms with Gasteiger partial charge in [0.1, 0.15) is 0 Å². The molecule has 2 aliphatic rings. The van der Waals surface area contributed by atoms with Crippen molar-refractivity contribution in [2.45, 2.75) is 44.2 Å². The van der Waals surface area contributed by atoms with Gasteiger partial charge in [0, 0.05) is 57.0 Å². The van der Waals surface area contributed by atoms with Crippen LogP contribution in [0.25, 0.3) is 0 Å². The first-order chi connectivity index (χ1) is 12.2. The van der Waals surface area contributed by atoms with Gasteiger partial charge < -0.3 is 10.6 Å². The molecule has 1 aromatic heterocycles. The lowest BCUT2D eigenvalue weighted by molar-refractivity contribution is 0.0626. The lowest BCUT2D eigenvalue weighted by Crippen LogP contribution is -2.59. The minimum Gasteiger partial charge on any atom is -0.355 e. The number of hydrogen-bond acceptors (Lipinski definition) is 4. The van der Waals surface area contributed by atoms with Crippen molar-refractivity contribution < 1.29 is 0 Å². The SMILES string of the molecule is CN=C(NCc1ccnn1C)NCC1(N2CCSCC2)CCCCC1. The second-order valence-electron chi connectivity index (χ2n) is 7.11. The minimum atomic E-state index is 0.309. The molecule has 2 N–H and O–H groups in total. The summed E-state index contributed by atoms with van der Waals surface area (Å²) in [5.41, 5.74) is 1.46. The molecule has 140 valence electrons. The van der Waals surface area contributed by atoms with Gasteiger partial charge in [-0.2, -0.15) is 16.9 Å². The molecular weight excluding hydrogens is 332 g/mol. The van der Waals surface area contributed by atoms with Gasteiger partial charge in [0.05, 0.1) is 12.2 Å². The molecule has 25 heavy (non-hydrogen) atoms. The summed E-state index contributed by atoms with van der Waals surface area (Å²) in [4.78, 5) is 7.17. The van der Waals surface area contributed by atoms with E-state index in [9.17, 15) is 0 Å². The van der Waals surface area contributed by atoms with Crippen LogP contribution in [0.15, 0.2) is 17.3 Å². The van der Waals surface area contributed by atoms with Crippen LogP contribution < -0.4 is 10.6 Å². The number of aliphatic imine (C=N–C) groups is 1. The molecule has 2 heterocycles. The third-order valence-corrected chi connectivity index (χ3v) is 6.58. The average Bonchev–Trinajstić information content (AvgIpc) is 3.08. The standard InChI is InChI=1S/C18H32N6S/c1-19-17(20-14-16-6-9-22-23(16)2)21-15-18(7-4-3-5-8-18)24-10-12-25-13-11-24/h6,9H,3-5,7-8,10-15H2,1-2H3,(H2,19,20,21). The van der Waals surface area contributed by atoms with Gasteiger partial charge in [-0.3, -0.25) is 14.6 Å². The van der Waals surface area contributed by atoms with E-state index in [1.165, 1.54) is 56.7 Å². The summed E-state index contributed by atoms with van der Waals surface area (Å²) in [6, 6.07) is 2.04. The highest BCUT2D eigenvalue weighted by atomic mass is 32.2. The van der Waals surface area contributed by atoms with E-state index < -0.39 is 0 Å². The van der Waals surface area contributed by atoms with Gasteiger partial charge in [-0.1, -0.05) is 19.3 Å². The van der Waals surface area contributed by atoms with Gasteiger partial charge in [-0.15, -0.1) is 0 Å². The van der Waals surface area contributed by atoms with E-state index in [-0.39, 0.29) is 0 Å². The molecule has 6 nitrogen and oxygen atoms in total. The Morgan fingerprint density at radius 1 is 1.24 bits per heavy atom. The molecule has 0 unspecified atom stereocenters. The highest BCUT2D eigenvalue weighted by Gasteiger charge is 2.38. The average molecular weight is 365 g/mol. The Morgan fingerprint density at radius 3 is 2.64 bits per heavy atom. The molecule has 1 aliphatic heterocycles. The van der Waals surface area contributed by atoms with E-state index in [2.05, 4.69) is 37.4 Å². The predicted octanol–water partition coefficient (Wildman–Crippen LogP) is 1.84. The largest absolute Gasteiger partial charge is 0.355 e. The summed E-state index contributed by atoms with van der Waals surface area (Å²) < 4.78 is 1.90. The molecule has 3 rings (SSSR count). The van der Waals surface area contributed by atoms with E-state index in [4.69, 9.17) is 0 Å². The topological polar surface area (TPSA) is 57.5 Å². The summed E-state index contributed by atoms with van der Waals surface area (Å²) in [6.45, 7) is 4.19. The molecule has 2 fully saturated rings. The van der Waals surface area contributed by atoms with E-state index in [0.29, 0.717) is 5.54 Å². The van der Waals surface area contributed by atoms with Crippen LogP contribution in [0.2, 0.25) is 0 Å². The Hall–Kier alpha value is -1.21. The Kier molecular flexibility index (Phi) is 6.64. The predicted molar refractivity (Wildman–Crippen MR) is 106 cm³/mol. The number of guanidine groups is 1. The van der Waals surface area contributed by atoms with Crippen LogP contribution in [-0.2, 0) is 13.6 Å². The molecule has 1 saturated heterocycles. The normalized spacial score (nSPS) is 21.9. The van der Waals surface area contributed by atoms with Crippen molar-refractivity contribution in [2.24, 2.45) is 12.0 Å². The lowest BCUT2D eigenvalue weighted by Gasteiger charge is -2.48. The van der Waals surface area contributed by atoms with Crippen LogP contribution in [-0.4, -0.2) is 64.4 Å². The van der Waals surface area contributed by atoms with Gasteiger partial charge in [0.15, 0.2) is 5.96 Å². The second-order valence-corrected chi connectivity index (χ2v) is 8.33. The van der Waals surface area contributed by atoms with Crippen molar-refractivity contribution in [3.05, 3.63) is 18.0 Å². The molecule has 1 aromatic rings. The first-order valence-corrected chi connectivity index (χ1v) is 10.6. The van der Waals surface area contributed by atoms with E-state index in [1.54, 1.807) is 0 Å². The zero-order valence-electron chi connectivity index (χ0n) is 15.6. The number of nitrogens with zero attached hydrogens (tertiary/aromatic N) is 4. The fourth-order valence-electron chi connectivity index (χ4n) is 4.07. The summed E-state index contributed by atoms with van der Waals surface area (Å²) in [6.07, 6.45) is 8.54. The molecule has 0 atom stereocenters. The van der Waals surface area contributed by atoms with Crippen molar-refractivity contribution in [3.8, 4) is 0 Å². The molecule has 7 heteroatoms. The lowest BCUT2D eigenvalue weighted by atomic mass is 9.80. The molecular formula is C18H32N6S. The Labute approximate surface area is 155 Å². The maximum absolute atomic E-state index is 4.42. The Balaban J connectivity index is 1.58. The fourth-order valence-corrected chi connectivity index (χ4v) is 4.97. The summed E-state index contributed by atoms with van der Waals surface area (Å²) >= 11 is 2.09. The van der Waals surface area contributed by atoms with Crippen molar-refractivity contribution in [3.63, 3.8) is 0 Å². The highest BCUT2D eigenvalue weighted by Crippen LogP contribution is 2.34. The maximum Gasteiger partial charge on any atom is 0.191 e. The molecule has 0 bridgehead atoms. The smallest absolute Gasteiger partial charge is 0.191 e. The van der Waals surface area contributed by atoms with Gasteiger partial charge in [0.25, 0.3) is 0 Å². The van der Waals surface area contributed by atoms with E-state index in [1.807, 2.05) is 31.0 Å². The van der Waals surface area contributed by atoms with E-state index >= 15 is 0 Å². The summed E-state index contributed by atoms with van der Waals surface area (Å²) in [7, 11) is 3.82. The summed E-state index contributed by atoms with van der Waals surface area (Å²) in [5, 5.41) is 11.3. The molecule has 0 radical (unpaired) electrons. The van der Waals surface area contributed by atoms with Crippen molar-refractivity contribution in [1.82, 2.24) is 25.3 Å². The first-order valence-electron chi connectivity index (χ1n) is 9.48. The van der Waals surface area contributed by atoms with Crippen molar-refractivity contribution in [1.29, 1.82) is 0 Å². The number of nitrogens with one attached hydrogen (secondary N) is 2. The van der Waals surface area contributed by atoms with Gasteiger partial charge in [-0.05, 0) is 18.9 Å². The van der Waals surface area contributed by atoms with Crippen LogP contribution in [0, 0.1) is 0 Å². The minimum absolute atomic E-state index is 0.309. The van der Waals surface area contributed by atoms with Gasteiger partial charge in [-0.25, -0.2) is 0 Å². The number of thioether (sulfide) groups is 1. The van der Waals surface area contributed by atoms with Gasteiger partial charge in [0.2, 0.25) is 0 Å². The molecule has 0 spiro atoms. The molecule has 1 saturated carbocycles. The number of aromatic nitrogens is 2. The third kappa shape index (κ3) is 4.70.